The number of rotatable bonds is 2. The average Bonchev–Trinajstić information content (AvgIpc) is 2.60. The first-order valence-corrected chi connectivity index (χ1v) is 5.08. The first-order chi connectivity index (χ1) is 9.42. The number of benzene rings is 1. The third kappa shape index (κ3) is 2.81. The molecule has 0 saturated heterocycles. The zero-order valence-corrected chi connectivity index (χ0v) is 9.60. The Morgan fingerprint density at radius 1 is 1.05 bits per heavy atom. The fraction of sp³-hybridized carbons (Fsp3) is 0.300. The second-order valence-corrected chi connectivity index (χ2v) is 3.86. The Kier molecular flexibility index (Phi) is 3.18. The van der Waals surface area contributed by atoms with E-state index in [0.29, 0.717) is 6.07 Å². The van der Waals surface area contributed by atoms with Crippen LogP contribution in [-0.2, 0) is 4.79 Å². The van der Waals surface area contributed by atoms with Crippen LogP contribution in [0.3, 0.4) is 0 Å². The number of fused-ring (bicyclic) bond motifs is 1. The van der Waals surface area contributed by atoms with Crippen molar-refractivity contribution in [1.29, 1.82) is 0 Å². The van der Waals surface area contributed by atoms with Gasteiger partial charge in [0.15, 0.2) is 11.5 Å². The van der Waals surface area contributed by atoms with E-state index in [0.717, 1.165) is 12.1 Å². The summed E-state index contributed by atoms with van der Waals surface area (Å²) in [5.41, 5.74) is -0.594. The van der Waals surface area contributed by atoms with Gasteiger partial charge in [-0.1, -0.05) is 0 Å². The van der Waals surface area contributed by atoms with Gasteiger partial charge in [0.1, 0.15) is 0 Å². The summed E-state index contributed by atoms with van der Waals surface area (Å²) in [6, 6.07) is 2.24. The summed E-state index contributed by atoms with van der Waals surface area (Å²) in [5.74, 6) is -9.36. The van der Waals surface area contributed by atoms with Crippen LogP contribution in [-0.4, -0.2) is 24.3 Å². The molecule has 1 heterocycles. The fourth-order valence-corrected chi connectivity index (χ4v) is 1.37. The van der Waals surface area contributed by atoms with E-state index < -0.39 is 41.5 Å². The molecule has 116 valence electrons. The van der Waals surface area contributed by atoms with E-state index in [9.17, 15) is 35.5 Å². The molecule has 1 aromatic carbocycles. The van der Waals surface area contributed by atoms with Crippen molar-refractivity contribution >= 4 is 11.6 Å². The van der Waals surface area contributed by atoms with Crippen LogP contribution in [0.5, 0.6) is 11.5 Å². The number of carbonyl (C=O) groups excluding carboxylic acids is 1. The first-order valence-electron chi connectivity index (χ1n) is 5.08. The highest BCUT2D eigenvalue weighted by Crippen LogP contribution is 2.42. The van der Waals surface area contributed by atoms with E-state index in [1.165, 1.54) is 5.32 Å². The largest absolute Gasteiger partial charge is 0.586 e. The van der Waals surface area contributed by atoms with Crippen molar-refractivity contribution in [3.8, 4) is 11.5 Å². The number of carbonyl (C=O) groups is 1. The van der Waals surface area contributed by atoms with Crippen LogP contribution in [0.4, 0.5) is 36.4 Å². The van der Waals surface area contributed by atoms with Crippen LogP contribution in [0, 0.1) is 0 Å². The highest BCUT2D eigenvalue weighted by molar-refractivity contribution is 5.97. The molecule has 0 fully saturated rings. The SMILES string of the molecule is O=C(Nc1ccc2c(c1)OC(F)(F)O2)C(F)(F)C(F)(F)F. The predicted molar refractivity (Wildman–Crippen MR) is 52.3 cm³/mol. The Hall–Kier alpha value is -2.20. The van der Waals surface area contributed by atoms with Gasteiger partial charge in [-0.15, -0.1) is 8.78 Å². The van der Waals surface area contributed by atoms with Gasteiger partial charge in [0.2, 0.25) is 0 Å². The lowest BCUT2D eigenvalue weighted by molar-refractivity contribution is -0.286. The molecule has 0 aliphatic carbocycles. The minimum Gasteiger partial charge on any atom is -0.395 e. The molecular weight excluding hydrogens is 315 g/mol. The molecule has 0 atom stereocenters. The summed E-state index contributed by atoms with van der Waals surface area (Å²) in [4.78, 5) is 10.9. The van der Waals surface area contributed by atoms with E-state index in [1.54, 1.807) is 0 Å². The minimum atomic E-state index is -6.08. The first kappa shape index (κ1) is 15.2. The van der Waals surface area contributed by atoms with Crippen LogP contribution < -0.4 is 14.8 Å². The summed E-state index contributed by atoms with van der Waals surface area (Å²) in [6.07, 6.45) is -10.1. The van der Waals surface area contributed by atoms with Gasteiger partial charge in [-0.05, 0) is 12.1 Å². The van der Waals surface area contributed by atoms with Crippen molar-refractivity contribution in [1.82, 2.24) is 0 Å². The van der Waals surface area contributed by atoms with Crippen molar-refractivity contribution in [2.75, 3.05) is 5.32 Å². The van der Waals surface area contributed by atoms with Crippen LogP contribution in [0.25, 0.3) is 0 Å². The molecule has 0 spiro atoms. The van der Waals surface area contributed by atoms with E-state index in [4.69, 9.17) is 0 Å². The van der Waals surface area contributed by atoms with Crippen molar-refractivity contribution in [3.63, 3.8) is 0 Å². The maximum Gasteiger partial charge on any atom is 0.586 e. The summed E-state index contributed by atoms with van der Waals surface area (Å²) in [6.45, 7) is 0. The monoisotopic (exact) mass is 319 g/mol. The molecule has 0 saturated carbocycles. The van der Waals surface area contributed by atoms with E-state index in [1.807, 2.05) is 0 Å². The molecule has 0 radical (unpaired) electrons. The molecular formula is C10H4F7NO3. The highest BCUT2D eigenvalue weighted by Gasteiger charge is 2.63. The third-order valence-corrected chi connectivity index (χ3v) is 2.30. The second-order valence-electron chi connectivity index (χ2n) is 3.86. The zero-order chi connectivity index (χ0) is 16.1. The smallest absolute Gasteiger partial charge is 0.395 e. The zero-order valence-electron chi connectivity index (χ0n) is 9.60. The Morgan fingerprint density at radius 2 is 1.62 bits per heavy atom. The molecule has 21 heavy (non-hydrogen) atoms. The molecule has 4 nitrogen and oxygen atoms in total. The number of anilines is 1. The van der Waals surface area contributed by atoms with Gasteiger partial charge in [0, 0.05) is 11.8 Å². The van der Waals surface area contributed by atoms with Gasteiger partial charge < -0.3 is 14.8 Å². The number of alkyl halides is 7. The maximum absolute atomic E-state index is 12.7. The number of hydrogen-bond donors (Lipinski definition) is 1. The average molecular weight is 319 g/mol. The molecule has 0 bridgehead atoms. The lowest BCUT2D eigenvalue weighted by Crippen LogP contribution is -2.47. The number of ether oxygens (including phenoxy) is 2. The van der Waals surface area contributed by atoms with Crippen LogP contribution >= 0.6 is 0 Å². The Balaban J connectivity index is 2.18. The topological polar surface area (TPSA) is 47.6 Å². The number of hydrogen-bond acceptors (Lipinski definition) is 3. The molecule has 1 N–H and O–H groups in total. The van der Waals surface area contributed by atoms with Gasteiger partial charge in [0.25, 0.3) is 0 Å². The molecule has 1 amide bonds. The van der Waals surface area contributed by atoms with Gasteiger partial charge in [-0.2, -0.15) is 22.0 Å². The van der Waals surface area contributed by atoms with Gasteiger partial charge in [-0.3, -0.25) is 4.79 Å². The fourth-order valence-electron chi connectivity index (χ4n) is 1.37. The summed E-state index contributed by atoms with van der Waals surface area (Å²) in [7, 11) is 0. The van der Waals surface area contributed by atoms with Gasteiger partial charge >= 0.3 is 24.3 Å². The predicted octanol–water partition coefficient (Wildman–Crippen LogP) is 3.14. The molecule has 1 aromatic rings. The van der Waals surface area contributed by atoms with Crippen molar-refractivity contribution in [2.24, 2.45) is 0 Å². The number of nitrogens with one attached hydrogen (secondary N) is 1. The minimum absolute atomic E-state index is 0.458. The maximum atomic E-state index is 12.7. The Bertz CT molecular complexity index is 585. The summed E-state index contributed by atoms with van der Waals surface area (Å²) < 4.78 is 94.5. The molecule has 0 aromatic heterocycles. The molecule has 1 aliphatic heterocycles. The standard InChI is InChI=1S/C10H4F7NO3/c11-8(12,9(13,14)15)7(19)18-4-1-2-5-6(3-4)21-10(16,17)20-5/h1-3H,(H,18,19). The molecule has 1 aliphatic rings. The normalized spacial score (nSPS) is 16.7. The van der Waals surface area contributed by atoms with Crippen molar-refractivity contribution < 1.29 is 45.0 Å². The van der Waals surface area contributed by atoms with Crippen molar-refractivity contribution in [2.45, 2.75) is 18.4 Å². The van der Waals surface area contributed by atoms with Crippen molar-refractivity contribution in [3.05, 3.63) is 18.2 Å². The second kappa shape index (κ2) is 4.40. The number of amides is 1. The summed E-state index contributed by atoms with van der Waals surface area (Å²) >= 11 is 0. The molecule has 2 rings (SSSR count). The third-order valence-electron chi connectivity index (χ3n) is 2.30. The quantitative estimate of drug-likeness (QED) is 0.852. The van der Waals surface area contributed by atoms with Crippen LogP contribution in [0.1, 0.15) is 0 Å². The highest BCUT2D eigenvalue weighted by atomic mass is 19.4. The lowest BCUT2D eigenvalue weighted by Gasteiger charge is -2.18. The van der Waals surface area contributed by atoms with E-state index in [2.05, 4.69) is 9.47 Å². The van der Waals surface area contributed by atoms with Gasteiger partial charge in [0.05, 0.1) is 0 Å². The van der Waals surface area contributed by atoms with Crippen LogP contribution in [0.2, 0.25) is 0 Å². The van der Waals surface area contributed by atoms with E-state index >= 15 is 0 Å². The van der Waals surface area contributed by atoms with Gasteiger partial charge in [-0.25, -0.2) is 0 Å². The lowest BCUT2D eigenvalue weighted by atomic mass is 10.2. The van der Waals surface area contributed by atoms with Crippen LogP contribution in [0.15, 0.2) is 18.2 Å². The number of halogens is 7. The molecule has 0 unspecified atom stereocenters. The summed E-state index contributed by atoms with van der Waals surface area (Å²) in [5, 5.41) is 1.26. The molecule has 11 heteroatoms. The van der Waals surface area contributed by atoms with E-state index in [-0.39, 0.29) is 0 Å². The Morgan fingerprint density at radius 3 is 2.19 bits per heavy atom. The Labute approximate surface area is 111 Å².